The number of nitrogens with one attached hydrogen (secondary N) is 2. The van der Waals surface area contributed by atoms with E-state index in [-0.39, 0.29) is 12.1 Å². The van der Waals surface area contributed by atoms with E-state index < -0.39 is 32.5 Å². The zero-order valence-electron chi connectivity index (χ0n) is 18.2. The average Bonchev–Trinajstić information content (AvgIpc) is 2.86. The molecule has 0 aliphatic carbocycles. The van der Waals surface area contributed by atoms with Crippen molar-refractivity contribution in [2.45, 2.75) is 11.4 Å². The van der Waals surface area contributed by atoms with Gasteiger partial charge in [0.05, 0.1) is 0 Å². The summed E-state index contributed by atoms with van der Waals surface area (Å²) in [5, 5.41) is 2.64. The zero-order chi connectivity index (χ0) is 24.8. The molecule has 6 nitrogen and oxygen atoms in total. The van der Waals surface area contributed by atoms with Crippen LogP contribution in [0, 0.1) is 11.6 Å². The number of hydrogen-bond acceptors (Lipinski definition) is 4. The second-order valence-corrected chi connectivity index (χ2v) is 9.23. The monoisotopic (exact) mass is 494 g/mol. The highest BCUT2D eigenvalue weighted by molar-refractivity contribution is 7.89. The molecule has 9 heteroatoms. The molecule has 0 fully saturated rings. The molecule has 0 unspecified atom stereocenters. The van der Waals surface area contributed by atoms with Crippen molar-refractivity contribution in [2.75, 3.05) is 5.32 Å². The molecule has 0 saturated heterocycles. The molecular weight excluding hydrogens is 474 g/mol. The number of amides is 1. The number of carbonyl (C=O) groups excluding carboxylic acids is 1. The molecule has 0 heterocycles. The molecule has 4 rings (SSSR count). The van der Waals surface area contributed by atoms with Crippen molar-refractivity contribution in [3.05, 3.63) is 120 Å². The lowest BCUT2D eigenvalue weighted by molar-refractivity contribution is 0.102. The van der Waals surface area contributed by atoms with E-state index in [0.717, 1.165) is 12.1 Å². The Balaban J connectivity index is 1.44. The highest BCUT2D eigenvalue weighted by Crippen LogP contribution is 2.23. The smallest absolute Gasteiger partial charge is 0.255 e. The number of halogens is 2. The number of benzene rings is 4. The van der Waals surface area contributed by atoms with Crippen LogP contribution in [-0.2, 0) is 16.6 Å². The number of para-hydroxylation sites is 1. The molecular formula is C26H20F2N2O4S. The first kappa shape index (κ1) is 24.1. The summed E-state index contributed by atoms with van der Waals surface area (Å²) in [7, 11) is -4.28. The summed E-state index contributed by atoms with van der Waals surface area (Å²) in [6, 6.07) is 24.0. The summed E-state index contributed by atoms with van der Waals surface area (Å²) >= 11 is 0. The van der Waals surface area contributed by atoms with Crippen molar-refractivity contribution < 1.29 is 26.7 Å². The quantitative estimate of drug-likeness (QED) is 0.339. The molecule has 0 aromatic heterocycles. The van der Waals surface area contributed by atoms with Crippen LogP contribution in [0.25, 0.3) is 0 Å². The molecule has 178 valence electrons. The molecule has 4 aromatic rings. The summed E-state index contributed by atoms with van der Waals surface area (Å²) < 4.78 is 60.6. The first-order chi connectivity index (χ1) is 16.8. The van der Waals surface area contributed by atoms with Crippen LogP contribution < -0.4 is 14.8 Å². The Bertz CT molecular complexity index is 1430. The van der Waals surface area contributed by atoms with Crippen molar-refractivity contribution in [1.29, 1.82) is 0 Å². The normalized spacial score (nSPS) is 11.1. The predicted molar refractivity (Wildman–Crippen MR) is 128 cm³/mol. The first-order valence-corrected chi connectivity index (χ1v) is 12.0. The number of sulfonamides is 1. The van der Waals surface area contributed by atoms with Gasteiger partial charge in [-0.05, 0) is 72.3 Å². The molecule has 35 heavy (non-hydrogen) atoms. The number of anilines is 1. The number of ether oxygens (including phenoxy) is 1. The molecule has 0 saturated carbocycles. The third-order valence-corrected chi connectivity index (χ3v) is 6.37. The molecule has 0 bridgehead atoms. The van der Waals surface area contributed by atoms with Gasteiger partial charge in [-0.1, -0.05) is 30.3 Å². The van der Waals surface area contributed by atoms with Gasteiger partial charge in [0.25, 0.3) is 5.91 Å². The lowest BCUT2D eigenvalue weighted by Gasteiger charge is -2.11. The standard InChI is InChI=1S/C26H20F2N2O4S/c27-20-9-6-18(7-10-20)17-29-35(32,33)25-16-19(8-15-24(25)28)26(31)30-21-11-13-23(14-12-21)34-22-4-2-1-3-5-22/h1-16,29H,17H2,(H,30,31). The van der Waals surface area contributed by atoms with Gasteiger partial charge in [0, 0.05) is 17.8 Å². The molecule has 0 atom stereocenters. The maximum absolute atomic E-state index is 14.3. The van der Waals surface area contributed by atoms with Gasteiger partial charge in [-0.15, -0.1) is 0 Å². The maximum atomic E-state index is 14.3. The van der Waals surface area contributed by atoms with E-state index in [2.05, 4.69) is 10.0 Å². The third kappa shape index (κ3) is 6.28. The number of rotatable bonds is 8. The fraction of sp³-hybridized carbons (Fsp3) is 0.0385. The Morgan fingerprint density at radius 3 is 2.14 bits per heavy atom. The highest BCUT2D eigenvalue weighted by Gasteiger charge is 2.21. The summed E-state index contributed by atoms with van der Waals surface area (Å²) in [4.78, 5) is 12.0. The van der Waals surface area contributed by atoms with Crippen LogP contribution in [0.5, 0.6) is 11.5 Å². The minimum Gasteiger partial charge on any atom is -0.457 e. The Labute approximate surface area is 201 Å². The predicted octanol–water partition coefficient (Wildman–Crippen LogP) is 5.49. The minimum absolute atomic E-state index is 0.0434. The van der Waals surface area contributed by atoms with Crippen LogP contribution >= 0.6 is 0 Å². The van der Waals surface area contributed by atoms with Crippen molar-refractivity contribution in [1.82, 2.24) is 4.72 Å². The Morgan fingerprint density at radius 1 is 0.800 bits per heavy atom. The Kier molecular flexibility index (Phi) is 7.19. The Hall–Kier alpha value is -4.08. The lowest BCUT2D eigenvalue weighted by atomic mass is 10.2. The Morgan fingerprint density at radius 2 is 1.46 bits per heavy atom. The van der Waals surface area contributed by atoms with Crippen LogP contribution in [0.3, 0.4) is 0 Å². The van der Waals surface area contributed by atoms with E-state index in [1.807, 2.05) is 30.3 Å². The fourth-order valence-electron chi connectivity index (χ4n) is 3.14. The second kappa shape index (κ2) is 10.5. The number of carbonyl (C=O) groups is 1. The van der Waals surface area contributed by atoms with Crippen LogP contribution in [0.2, 0.25) is 0 Å². The zero-order valence-corrected chi connectivity index (χ0v) is 19.1. The molecule has 0 radical (unpaired) electrons. The van der Waals surface area contributed by atoms with Crippen LogP contribution in [0.1, 0.15) is 15.9 Å². The summed E-state index contributed by atoms with van der Waals surface area (Å²) in [5.74, 6) is -0.846. The molecule has 2 N–H and O–H groups in total. The summed E-state index contributed by atoms with van der Waals surface area (Å²) in [6.07, 6.45) is 0. The topological polar surface area (TPSA) is 84.5 Å². The van der Waals surface area contributed by atoms with E-state index in [0.29, 0.717) is 22.7 Å². The van der Waals surface area contributed by atoms with E-state index in [4.69, 9.17) is 4.74 Å². The molecule has 0 aliphatic rings. The molecule has 0 aliphatic heterocycles. The van der Waals surface area contributed by atoms with Crippen LogP contribution in [0.4, 0.5) is 14.5 Å². The molecule has 0 spiro atoms. The van der Waals surface area contributed by atoms with Crippen molar-refractivity contribution in [3.8, 4) is 11.5 Å². The van der Waals surface area contributed by atoms with E-state index >= 15 is 0 Å². The average molecular weight is 495 g/mol. The minimum atomic E-state index is -4.28. The summed E-state index contributed by atoms with van der Waals surface area (Å²) in [6.45, 7) is -0.171. The van der Waals surface area contributed by atoms with Crippen molar-refractivity contribution >= 4 is 21.6 Å². The fourth-order valence-corrected chi connectivity index (χ4v) is 4.26. The summed E-state index contributed by atoms with van der Waals surface area (Å²) in [5.41, 5.74) is 0.890. The van der Waals surface area contributed by atoms with Crippen molar-refractivity contribution in [2.24, 2.45) is 0 Å². The van der Waals surface area contributed by atoms with E-state index in [1.54, 1.807) is 24.3 Å². The van der Waals surface area contributed by atoms with Gasteiger partial charge in [-0.2, -0.15) is 0 Å². The lowest BCUT2D eigenvalue weighted by Crippen LogP contribution is -2.25. The maximum Gasteiger partial charge on any atom is 0.255 e. The molecule has 4 aromatic carbocycles. The first-order valence-electron chi connectivity index (χ1n) is 10.5. The number of hydrogen-bond donors (Lipinski definition) is 2. The van der Waals surface area contributed by atoms with Gasteiger partial charge in [-0.25, -0.2) is 21.9 Å². The van der Waals surface area contributed by atoms with Gasteiger partial charge in [0.15, 0.2) is 0 Å². The van der Waals surface area contributed by atoms with Gasteiger partial charge in [-0.3, -0.25) is 4.79 Å². The molecule has 1 amide bonds. The van der Waals surface area contributed by atoms with Gasteiger partial charge in [0.2, 0.25) is 10.0 Å². The third-order valence-electron chi connectivity index (χ3n) is 4.95. The largest absolute Gasteiger partial charge is 0.457 e. The van der Waals surface area contributed by atoms with Crippen LogP contribution in [0.15, 0.2) is 102 Å². The van der Waals surface area contributed by atoms with Gasteiger partial charge >= 0.3 is 0 Å². The second-order valence-electron chi connectivity index (χ2n) is 7.49. The van der Waals surface area contributed by atoms with Crippen molar-refractivity contribution in [3.63, 3.8) is 0 Å². The van der Waals surface area contributed by atoms with E-state index in [9.17, 15) is 22.0 Å². The highest BCUT2D eigenvalue weighted by atomic mass is 32.2. The van der Waals surface area contributed by atoms with Gasteiger partial charge < -0.3 is 10.1 Å². The SMILES string of the molecule is O=C(Nc1ccc(Oc2ccccc2)cc1)c1ccc(F)c(S(=O)(=O)NCc2ccc(F)cc2)c1. The van der Waals surface area contributed by atoms with Crippen LogP contribution in [-0.4, -0.2) is 14.3 Å². The van der Waals surface area contributed by atoms with Gasteiger partial charge in [0.1, 0.15) is 28.0 Å². The van der Waals surface area contributed by atoms with E-state index in [1.165, 1.54) is 30.3 Å².